The summed E-state index contributed by atoms with van der Waals surface area (Å²) in [5, 5.41) is 6.36. The van der Waals surface area contributed by atoms with Crippen LogP contribution in [0.4, 0.5) is 0 Å². The number of carbonyl (C=O) groups is 2. The van der Waals surface area contributed by atoms with Gasteiger partial charge in [0.15, 0.2) is 0 Å². The Bertz CT molecular complexity index is 796. The topological polar surface area (TPSA) is 79.8 Å². The van der Waals surface area contributed by atoms with Crippen LogP contribution in [-0.4, -0.2) is 24.6 Å². The Morgan fingerprint density at radius 3 is 2.44 bits per heavy atom. The lowest BCUT2D eigenvalue weighted by atomic mass is 10.2. The van der Waals surface area contributed by atoms with E-state index in [0.717, 1.165) is 16.9 Å². The van der Waals surface area contributed by atoms with E-state index in [-0.39, 0.29) is 12.3 Å². The first-order chi connectivity index (χ1) is 13.1. The van der Waals surface area contributed by atoms with Crippen molar-refractivity contribution in [2.75, 3.05) is 6.54 Å². The third-order valence-corrected chi connectivity index (χ3v) is 3.57. The Kier molecular flexibility index (Phi) is 7.78. The van der Waals surface area contributed by atoms with E-state index in [4.69, 9.17) is 4.74 Å². The molecule has 0 unspecified atom stereocenters. The Morgan fingerprint density at radius 2 is 1.78 bits per heavy atom. The molecule has 2 N–H and O–H groups in total. The van der Waals surface area contributed by atoms with Crippen LogP contribution in [0.5, 0.6) is 5.75 Å². The van der Waals surface area contributed by atoms with E-state index in [9.17, 15) is 9.59 Å². The zero-order chi connectivity index (χ0) is 19.5. The molecule has 0 aliphatic heterocycles. The lowest BCUT2D eigenvalue weighted by Gasteiger charge is -2.07. The van der Waals surface area contributed by atoms with Crippen LogP contribution in [0.2, 0.25) is 0 Å². The first-order valence-corrected chi connectivity index (χ1v) is 8.54. The number of amides is 2. The molecule has 0 aliphatic carbocycles. The molecule has 0 saturated carbocycles. The minimum absolute atomic E-state index is 0.281. The number of hydrogen-bond acceptors (Lipinski definition) is 4. The maximum Gasteiger partial charge on any atom is 0.249 e. The maximum absolute atomic E-state index is 11.6. The zero-order valence-electron chi connectivity index (χ0n) is 15.3. The summed E-state index contributed by atoms with van der Waals surface area (Å²) in [6.07, 6.45) is 2.77. The molecule has 0 bridgehead atoms. The Morgan fingerprint density at radius 1 is 1.07 bits per heavy atom. The number of hydrazone groups is 1. The number of aryl methyl sites for hydroxylation is 1. The van der Waals surface area contributed by atoms with E-state index < -0.39 is 5.91 Å². The smallest absolute Gasteiger partial charge is 0.249 e. The van der Waals surface area contributed by atoms with Gasteiger partial charge >= 0.3 is 0 Å². The number of carbonyl (C=O) groups excluding carboxylic acids is 2. The largest absolute Gasteiger partial charge is 0.489 e. The maximum atomic E-state index is 11.6. The van der Waals surface area contributed by atoms with E-state index in [1.807, 2.05) is 43.3 Å². The van der Waals surface area contributed by atoms with E-state index in [1.165, 1.54) is 11.8 Å². The van der Waals surface area contributed by atoms with Crippen molar-refractivity contribution in [3.8, 4) is 5.75 Å². The van der Waals surface area contributed by atoms with Crippen LogP contribution in [0, 0.1) is 6.92 Å². The highest BCUT2D eigenvalue weighted by atomic mass is 16.5. The van der Waals surface area contributed by atoms with Crippen molar-refractivity contribution in [1.29, 1.82) is 0 Å². The minimum atomic E-state index is -0.481. The van der Waals surface area contributed by atoms with Gasteiger partial charge in [0.05, 0.1) is 6.21 Å². The number of nitrogens with zero attached hydrogens (tertiary/aromatic N) is 1. The van der Waals surface area contributed by atoms with Gasteiger partial charge in [-0.2, -0.15) is 5.10 Å². The van der Waals surface area contributed by atoms with E-state index in [2.05, 4.69) is 34.6 Å². The van der Waals surface area contributed by atoms with Gasteiger partial charge in [-0.05, 0) is 42.3 Å². The molecule has 140 valence electrons. The van der Waals surface area contributed by atoms with Gasteiger partial charge in [-0.15, -0.1) is 6.58 Å². The lowest BCUT2D eigenvalue weighted by molar-refractivity contribution is -0.129. The fraction of sp³-hybridized carbons (Fsp3) is 0.190. The van der Waals surface area contributed by atoms with Crippen molar-refractivity contribution in [2.45, 2.75) is 20.0 Å². The fourth-order valence-corrected chi connectivity index (χ4v) is 2.11. The SMILES string of the molecule is C=CCNC(=O)CC(=O)N/N=C\c1ccc(OCc2ccc(C)cc2)cc1. The molecule has 6 nitrogen and oxygen atoms in total. The molecule has 0 atom stereocenters. The third-order valence-electron chi connectivity index (χ3n) is 3.57. The second-order valence-electron chi connectivity index (χ2n) is 5.91. The van der Waals surface area contributed by atoms with Gasteiger partial charge in [-0.3, -0.25) is 9.59 Å². The van der Waals surface area contributed by atoms with Crippen molar-refractivity contribution < 1.29 is 14.3 Å². The molecule has 6 heteroatoms. The average molecular weight is 365 g/mol. The van der Waals surface area contributed by atoms with E-state index >= 15 is 0 Å². The van der Waals surface area contributed by atoms with E-state index in [0.29, 0.717) is 13.2 Å². The van der Waals surface area contributed by atoms with Gasteiger partial charge in [0.2, 0.25) is 11.8 Å². The monoisotopic (exact) mass is 365 g/mol. The highest BCUT2D eigenvalue weighted by Gasteiger charge is 2.06. The third kappa shape index (κ3) is 7.56. The number of hydrogen-bond donors (Lipinski definition) is 2. The predicted octanol–water partition coefficient (Wildman–Crippen LogP) is 2.72. The van der Waals surface area contributed by atoms with Crippen LogP contribution in [0.1, 0.15) is 23.1 Å². The second-order valence-corrected chi connectivity index (χ2v) is 5.91. The van der Waals surface area contributed by atoms with Crippen molar-refractivity contribution in [3.63, 3.8) is 0 Å². The van der Waals surface area contributed by atoms with Gasteiger partial charge in [0, 0.05) is 6.54 Å². The molecule has 2 aromatic carbocycles. The molecule has 2 rings (SSSR count). The first kappa shape index (κ1) is 19.9. The summed E-state index contributed by atoms with van der Waals surface area (Å²) in [6.45, 7) is 6.35. The lowest BCUT2D eigenvalue weighted by Crippen LogP contribution is -2.29. The van der Waals surface area contributed by atoms with Crippen LogP contribution < -0.4 is 15.5 Å². The predicted molar refractivity (Wildman–Crippen MR) is 106 cm³/mol. The molecule has 0 aromatic heterocycles. The molecule has 0 radical (unpaired) electrons. The molecule has 0 fully saturated rings. The summed E-state index contributed by atoms with van der Waals surface area (Å²) < 4.78 is 5.74. The molecule has 0 spiro atoms. The van der Waals surface area contributed by atoms with Crippen molar-refractivity contribution >= 4 is 18.0 Å². The zero-order valence-corrected chi connectivity index (χ0v) is 15.3. The highest BCUT2D eigenvalue weighted by molar-refractivity contribution is 5.97. The van der Waals surface area contributed by atoms with Gasteiger partial charge in [0.1, 0.15) is 18.8 Å². The summed E-state index contributed by atoms with van der Waals surface area (Å²) in [7, 11) is 0. The summed E-state index contributed by atoms with van der Waals surface area (Å²) >= 11 is 0. The summed E-state index contributed by atoms with van der Waals surface area (Å²) in [4.78, 5) is 22.9. The average Bonchev–Trinajstić information content (AvgIpc) is 2.67. The van der Waals surface area contributed by atoms with E-state index in [1.54, 1.807) is 6.08 Å². The molecular weight excluding hydrogens is 342 g/mol. The van der Waals surface area contributed by atoms with Crippen LogP contribution >= 0.6 is 0 Å². The van der Waals surface area contributed by atoms with Crippen molar-refractivity contribution in [2.24, 2.45) is 5.10 Å². The van der Waals surface area contributed by atoms with Crippen LogP contribution in [0.15, 0.2) is 66.3 Å². The molecule has 0 aliphatic rings. The standard InChI is InChI=1S/C21H23N3O3/c1-3-12-22-20(25)13-21(26)24-23-14-17-8-10-19(11-9-17)27-15-18-6-4-16(2)5-7-18/h3-11,14H,1,12-13,15H2,2H3,(H,22,25)(H,24,26)/b23-14-. The molecule has 0 heterocycles. The number of nitrogens with one attached hydrogen (secondary N) is 2. The Balaban J connectivity index is 1.76. The number of rotatable bonds is 9. The Labute approximate surface area is 158 Å². The van der Waals surface area contributed by atoms with Gasteiger partial charge in [-0.25, -0.2) is 5.43 Å². The second kappa shape index (κ2) is 10.6. The highest BCUT2D eigenvalue weighted by Crippen LogP contribution is 2.14. The number of benzene rings is 2. The van der Waals surface area contributed by atoms with Gasteiger partial charge < -0.3 is 10.1 Å². The fourth-order valence-electron chi connectivity index (χ4n) is 2.11. The van der Waals surface area contributed by atoms with Crippen LogP contribution in [0.3, 0.4) is 0 Å². The summed E-state index contributed by atoms with van der Waals surface area (Å²) in [5.74, 6) is -0.112. The van der Waals surface area contributed by atoms with Crippen LogP contribution in [-0.2, 0) is 16.2 Å². The van der Waals surface area contributed by atoms with Crippen LogP contribution in [0.25, 0.3) is 0 Å². The molecule has 2 amide bonds. The molecular formula is C21H23N3O3. The quantitative estimate of drug-likeness (QED) is 0.310. The minimum Gasteiger partial charge on any atom is -0.489 e. The Hall–Kier alpha value is -3.41. The molecule has 2 aromatic rings. The normalized spacial score (nSPS) is 10.4. The molecule has 0 saturated heterocycles. The number of ether oxygens (including phenoxy) is 1. The first-order valence-electron chi connectivity index (χ1n) is 8.54. The van der Waals surface area contributed by atoms with Crippen molar-refractivity contribution in [1.82, 2.24) is 10.7 Å². The summed E-state index contributed by atoms with van der Waals surface area (Å²) in [6, 6.07) is 15.5. The molecule has 27 heavy (non-hydrogen) atoms. The van der Waals surface area contributed by atoms with Crippen molar-refractivity contribution in [3.05, 3.63) is 77.9 Å². The van der Waals surface area contributed by atoms with Gasteiger partial charge in [0.25, 0.3) is 0 Å². The summed E-state index contributed by atoms with van der Waals surface area (Å²) in [5.41, 5.74) is 5.43. The van der Waals surface area contributed by atoms with Gasteiger partial charge in [-0.1, -0.05) is 35.9 Å².